The summed E-state index contributed by atoms with van der Waals surface area (Å²) in [5.74, 6) is 0.334. The highest BCUT2D eigenvalue weighted by Gasteiger charge is 2.15. The molecule has 0 aliphatic heterocycles. The molecule has 0 aromatic heterocycles. The van der Waals surface area contributed by atoms with E-state index in [9.17, 15) is 9.59 Å². The van der Waals surface area contributed by atoms with Crippen LogP contribution in [0.5, 0.6) is 5.75 Å². The van der Waals surface area contributed by atoms with E-state index < -0.39 is 12.1 Å². The van der Waals surface area contributed by atoms with Crippen LogP contribution in [0.4, 0.5) is 10.5 Å². The Morgan fingerprint density at radius 3 is 2.63 bits per heavy atom. The van der Waals surface area contributed by atoms with E-state index >= 15 is 0 Å². The van der Waals surface area contributed by atoms with Gasteiger partial charge in [-0.05, 0) is 26.0 Å². The van der Waals surface area contributed by atoms with Crippen LogP contribution in [-0.2, 0) is 4.79 Å². The summed E-state index contributed by atoms with van der Waals surface area (Å²) in [6.45, 7) is 3.96. The lowest BCUT2D eigenvalue weighted by molar-refractivity contribution is -0.122. The van der Waals surface area contributed by atoms with Gasteiger partial charge in [-0.15, -0.1) is 0 Å². The second-order valence-corrected chi connectivity index (χ2v) is 3.92. The highest BCUT2D eigenvalue weighted by atomic mass is 16.5. The van der Waals surface area contributed by atoms with Crippen LogP contribution in [0.2, 0.25) is 0 Å². The van der Waals surface area contributed by atoms with Crippen molar-refractivity contribution in [2.24, 2.45) is 0 Å². The lowest BCUT2D eigenvalue weighted by Crippen LogP contribution is -2.46. The van der Waals surface area contributed by atoms with Gasteiger partial charge in [-0.3, -0.25) is 4.79 Å². The van der Waals surface area contributed by atoms with Gasteiger partial charge in [0, 0.05) is 6.54 Å². The molecule has 0 saturated carbocycles. The Labute approximate surface area is 112 Å². The van der Waals surface area contributed by atoms with Gasteiger partial charge in [0.2, 0.25) is 5.91 Å². The summed E-state index contributed by atoms with van der Waals surface area (Å²) >= 11 is 0. The highest BCUT2D eigenvalue weighted by Crippen LogP contribution is 2.22. The Morgan fingerprint density at radius 1 is 1.32 bits per heavy atom. The zero-order chi connectivity index (χ0) is 14.3. The molecular weight excluding hydrogens is 246 g/mol. The Kier molecular flexibility index (Phi) is 5.66. The predicted molar refractivity (Wildman–Crippen MR) is 73.3 cm³/mol. The van der Waals surface area contributed by atoms with Crippen LogP contribution in [0.3, 0.4) is 0 Å². The third kappa shape index (κ3) is 4.50. The Balaban J connectivity index is 2.58. The maximum Gasteiger partial charge on any atom is 0.319 e. The van der Waals surface area contributed by atoms with Crippen LogP contribution in [0.25, 0.3) is 0 Å². The zero-order valence-corrected chi connectivity index (χ0v) is 11.3. The summed E-state index contributed by atoms with van der Waals surface area (Å²) in [5.41, 5.74) is 0.547. The van der Waals surface area contributed by atoms with E-state index in [1.807, 2.05) is 6.92 Å². The number of carbonyl (C=O) groups excluding carboxylic acids is 2. The van der Waals surface area contributed by atoms with Gasteiger partial charge in [0.05, 0.1) is 12.8 Å². The summed E-state index contributed by atoms with van der Waals surface area (Å²) < 4.78 is 5.12. The number of para-hydroxylation sites is 2. The fourth-order valence-corrected chi connectivity index (χ4v) is 1.50. The van der Waals surface area contributed by atoms with E-state index in [0.717, 1.165) is 0 Å². The number of amides is 3. The molecule has 0 heterocycles. The molecular formula is C13H19N3O3. The first-order chi connectivity index (χ1) is 9.08. The summed E-state index contributed by atoms with van der Waals surface area (Å²) in [5, 5.41) is 7.81. The first-order valence-corrected chi connectivity index (χ1v) is 6.06. The molecule has 6 heteroatoms. The molecule has 0 aliphatic rings. The van der Waals surface area contributed by atoms with Crippen molar-refractivity contribution in [2.75, 3.05) is 19.0 Å². The minimum Gasteiger partial charge on any atom is -0.495 e. The number of carbonyl (C=O) groups is 2. The fraction of sp³-hybridized carbons (Fsp3) is 0.385. The number of ether oxygens (including phenoxy) is 1. The van der Waals surface area contributed by atoms with Gasteiger partial charge in [0.25, 0.3) is 0 Å². The average Bonchev–Trinajstić information content (AvgIpc) is 2.39. The van der Waals surface area contributed by atoms with Crippen molar-refractivity contribution in [3.63, 3.8) is 0 Å². The second-order valence-electron chi connectivity index (χ2n) is 3.92. The van der Waals surface area contributed by atoms with Crippen LogP contribution in [-0.4, -0.2) is 31.6 Å². The van der Waals surface area contributed by atoms with Gasteiger partial charge in [-0.1, -0.05) is 12.1 Å². The summed E-state index contributed by atoms with van der Waals surface area (Å²) in [7, 11) is 1.52. The van der Waals surface area contributed by atoms with E-state index in [-0.39, 0.29) is 5.91 Å². The predicted octanol–water partition coefficient (Wildman–Crippen LogP) is 1.34. The number of hydrogen-bond acceptors (Lipinski definition) is 3. The third-order valence-electron chi connectivity index (χ3n) is 2.45. The number of anilines is 1. The minimum atomic E-state index is -0.602. The van der Waals surface area contributed by atoms with Crippen molar-refractivity contribution in [1.29, 1.82) is 0 Å². The second kappa shape index (κ2) is 7.25. The van der Waals surface area contributed by atoms with E-state index in [1.165, 1.54) is 7.11 Å². The van der Waals surface area contributed by atoms with Gasteiger partial charge in [0.1, 0.15) is 11.8 Å². The highest BCUT2D eigenvalue weighted by molar-refractivity contribution is 5.94. The molecule has 1 rings (SSSR count). The van der Waals surface area contributed by atoms with Gasteiger partial charge in [-0.25, -0.2) is 4.79 Å². The average molecular weight is 265 g/mol. The first-order valence-electron chi connectivity index (χ1n) is 6.06. The number of likely N-dealkylation sites (N-methyl/N-ethyl adjacent to an activating group) is 1. The molecule has 1 atom stereocenters. The van der Waals surface area contributed by atoms with Crippen LogP contribution < -0.4 is 20.7 Å². The van der Waals surface area contributed by atoms with Crippen LogP contribution in [0, 0.1) is 0 Å². The maximum absolute atomic E-state index is 11.7. The Bertz CT molecular complexity index is 449. The third-order valence-corrected chi connectivity index (χ3v) is 2.45. The number of methoxy groups -OCH3 is 1. The molecule has 0 spiro atoms. The Hall–Kier alpha value is -2.24. The van der Waals surface area contributed by atoms with Crippen molar-refractivity contribution >= 4 is 17.6 Å². The fourth-order valence-electron chi connectivity index (χ4n) is 1.50. The van der Waals surface area contributed by atoms with Gasteiger partial charge in [0.15, 0.2) is 0 Å². The molecule has 104 valence electrons. The van der Waals surface area contributed by atoms with Gasteiger partial charge in [-0.2, -0.15) is 0 Å². The molecule has 19 heavy (non-hydrogen) atoms. The molecule has 0 radical (unpaired) electrons. The quantitative estimate of drug-likeness (QED) is 0.751. The summed E-state index contributed by atoms with van der Waals surface area (Å²) in [4.78, 5) is 23.2. The number of urea groups is 1. The molecule has 3 amide bonds. The number of benzene rings is 1. The van der Waals surface area contributed by atoms with E-state index in [0.29, 0.717) is 18.0 Å². The largest absolute Gasteiger partial charge is 0.495 e. The molecule has 1 aromatic rings. The van der Waals surface area contributed by atoms with Crippen molar-refractivity contribution in [3.05, 3.63) is 24.3 Å². The lowest BCUT2D eigenvalue weighted by Gasteiger charge is -2.15. The van der Waals surface area contributed by atoms with Crippen LogP contribution in [0.15, 0.2) is 24.3 Å². The molecule has 0 unspecified atom stereocenters. The van der Waals surface area contributed by atoms with Crippen molar-refractivity contribution in [2.45, 2.75) is 19.9 Å². The van der Waals surface area contributed by atoms with E-state index in [2.05, 4.69) is 16.0 Å². The maximum atomic E-state index is 11.7. The standard InChI is InChI=1S/C13H19N3O3/c1-4-14-12(17)9(2)15-13(18)16-10-7-5-6-8-11(10)19-3/h5-9H,4H2,1-3H3,(H,14,17)(H2,15,16,18)/t9-/m1/s1. The number of nitrogens with one attached hydrogen (secondary N) is 3. The molecule has 3 N–H and O–H groups in total. The van der Waals surface area contributed by atoms with Crippen LogP contribution >= 0.6 is 0 Å². The molecule has 1 aromatic carbocycles. The summed E-state index contributed by atoms with van der Waals surface area (Å²) in [6, 6.07) is 5.99. The van der Waals surface area contributed by atoms with Crippen LogP contribution in [0.1, 0.15) is 13.8 Å². The van der Waals surface area contributed by atoms with Gasteiger partial charge >= 0.3 is 6.03 Å². The monoisotopic (exact) mass is 265 g/mol. The number of hydrogen-bond donors (Lipinski definition) is 3. The van der Waals surface area contributed by atoms with Gasteiger partial charge < -0.3 is 20.7 Å². The summed E-state index contributed by atoms with van der Waals surface area (Å²) in [6.07, 6.45) is 0. The smallest absolute Gasteiger partial charge is 0.319 e. The van der Waals surface area contributed by atoms with Crippen molar-refractivity contribution < 1.29 is 14.3 Å². The van der Waals surface area contributed by atoms with E-state index in [1.54, 1.807) is 31.2 Å². The minimum absolute atomic E-state index is 0.224. The first kappa shape index (κ1) is 14.8. The van der Waals surface area contributed by atoms with Crippen molar-refractivity contribution in [3.8, 4) is 5.75 Å². The zero-order valence-electron chi connectivity index (χ0n) is 11.3. The van der Waals surface area contributed by atoms with E-state index in [4.69, 9.17) is 4.74 Å². The lowest BCUT2D eigenvalue weighted by atomic mass is 10.3. The number of rotatable bonds is 5. The molecule has 0 aliphatic carbocycles. The SMILES string of the molecule is CCNC(=O)[C@@H](C)NC(=O)Nc1ccccc1OC. The molecule has 6 nitrogen and oxygen atoms in total. The van der Waals surface area contributed by atoms with Crippen molar-refractivity contribution in [1.82, 2.24) is 10.6 Å². The molecule has 0 fully saturated rings. The molecule has 0 bridgehead atoms. The normalized spacial score (nSPS) is 11.3. The Morgan fingerprint density at radius 2 is 2.00 bits per heavy atom. The molecule has 0 saturated heterocycles. The topological polar surface area (TPSA) is 79.5 Å².